The lowest BCUT2D eigenvalue weighted by Gasteiger charge is -2.27. The first-order valence-electron chi connectivity index (χ1n) is 11.7. The van der Waals surface area contributed by atoms with E-state index in [4.69, 9.17) is 14.5 Å². The first-order valence-corrected chi connectivity index (χ1v) is 11.7. The van der Waals surface area contributed by atoms with Crippen LogP contribution in [0.25, 0.3) is 11.0 Å². The molecule has 5 nitrogen and oxygen atoms in total. The lowest BCUT2D eigenvalue weighted by atomic mass is 10.2. The van der Waals surface area contributed by atoms with Gasteiger partial charge in [0.2, 0.25) is 0 Å². The van der Waals surface area contributed by atoms with Crippen molar-refractivity contribution in [2.75, 3.05) is 26.8 Å². The molecule has 0 spiro atoms. The van der Waals surface area contributed by atoms with Crippen LogP contribution in [-0.4, -0.2) is 41.3 Å². The highest BCUT2D eigenvalue weighted by atomic mass is 16.5. The second-order valence-corrected chi connectivity index (χ2v) is 8.44. The predicted octanol–water partition coefficient (Wildman–Crippen LogP) is 5.84. The Morgan fingerprint density at radius 3 is 2.39 bits per heavy atom. The van der Waals surface area contributed by atoms with Crippen LogP contribution in [0.1, 0.15) is 57.3 Å². The molecule has 2 aromatic carbocycles. The topological polar surface area (TPSA) is 39.5 Å². The van der Waals surface area contributed by atoms with Gasteiger partial charge in [0.05, 0.1) is 30.8 Å². The summed E-state index contributed by atoms with van der Waals surface area (Å²) in [6.07, 6.45) is 7.34. The summed E-state index contributed by atoms with van der Waals surface area (Å²) in [7, 11) is 1.68. The van der Waals surface area contributed by atoms with E-state index in [1.807, 2.05) is 24.3 Å². The minimum Gasteiger partial charge on any atom is -0.493 e. The molecule has 3 aromatic rings. The van der Waals surface area contributed by atoms with E-state index in [2.05, 4.69) is 40.7 Å². The lowest BCUT2D eigenvalue weighted by Crippen LogP contribution is -2.30. The van der Waals surface area contributed by atoms with E-state index in [0.29, 0.717) is 12.6 Å². The van der Waals surface area contributed by atoms with Crippen LogP contribution in [0.15, 0.2) is 48.5 Å². The van der Waals surface area contributed by atoms with Gasteiger partial charge in [0, 0.05) is 6.54 Å². The Labute approximate surface area is 186 Å². The maximum atomic E-state index is 5.96. The zero-order valence-corrected chi connectivity index (χ0v) is 18.9. The number of methoxy groups -OCH3 is 1. The maximum Gasteiger partial charge on any atom is 0.161 e. The summed E-state index contributed by atoms with van der Waals surface area (Å²) in [6.45, 7) is 6.33. The highest BCUT2D eigenvalue weighted by Gasteiger charge is 2.23. The van der Waals surface area contributed by atoms with Crippen molar-refractivity contribution in [3.05, 3.63) is 54.4 Å². The largest absolute Gasteiger partial charge is 0.493 e. The summed E-state index contributed by atoms with van der Waals surface area (Å²) in [5.74, 6) is 2.80. The number of nitrogens with zero attached hydrogens (tertiary/aromatic N) is 3. The fraction of sp³-hybridized carbons (Fsp3) is 0.500. The van der Waals surface area contributed by atoms with Crippen LogP contribution < -0.4 is 9.47 Å². The van der Waals surface area contributed by atoms with Crippen LogP contribution in [0.2, 0.25) is 0 Å². The van der Waals surface area contributed by atoms with Gasteiger partial charge in [-0.3, -0.25) is 4.90 Å². The lowest BCUT2D eigenvalue weighted by molar-refractivity contribution is 0.207. The number of ether oxygens (including phenoxy) is 2. The normalized spacial score (nSPS) is 16.2. The molecule has 1 unspecified atom stereocenters. The Morgan fingerprint density at radius 1 is 0.903 bits per heavy atom. The Kier molecular flexibility index (Phi) is 7.47. The third kappa shape index (κ3) is 5.21. The molecular weight excluding hydrogens is 386 g/mol. The molecule has 2 heterocycles. The van der Waals surface area contributed by atoms with Gasteiger partial charge in [-0.15, -0.1) is 0 Å². The van der Waals surface area contributed by atoms with Crippen LogP contribution in [0, 0.1) is 0 Å². The molecule has 4 rings (SSSR count). The fourth-order valence-corrected chi connectivity index (χ4v) is 4.59. The van der Waals surface area contributed by atoms with Crippen molar-refractivity contribution in [2.24, 2.45) is 0 Å². The number of imidazole rings is 1. The van der Waals surface area contributed by atoms with Gasteiger partial charge in [-0.05, 0) is 70.0 Å². The van der Waals surface area contributed by atoms with Gasteiger partial charge in [0.1, 0.15) is 5.82 Å². The molecule has 0 radical (unpaired) electrons. The maximum absolute atomic E-state index is 5.96. The summed E-state index contributed by atoms with van der Waals surface area (Å²) in [5, 5.41) is 0. The van der Waals surface area contributed by atoms with Crippen molar-refractivity contribution >= 4 is 11.0 Å². The Morgan fingerprint density at radius 2 is 1.61 bits per heavy atom. The number of likely N-dealkylation sites (tertiary alicyclic amines) is 1. The van der Waals surface area contributed by atoms with Gasteiger partial charge in [-0.25, -0.2) is 4.98 Å². The van der Waals surface area contributed by atoms with Gasteiger partial charge in [0.25, 0.3) is 0 Å². The fourth-order valence-electron chi connectivity index (χ4n) is 4.59. The molecule has 31 heavy (non-hydrogen) atoms. The summed E-state index contributed by atoms with van der Waals surface area (Å²) in [5.41, 5.74) is 2.34. The molecule has 1 aliphatic rings. The quantitative estimate of drug-likeness (QED) is 0.407. The minimum atomic E-state index is 0.343. The Bertz CT molecular complexity index is 960. The van der Waals surface area contributed by atoms with Crippen LogP contribution >= 0.6 is 0 Å². The predicted molar refractivity (Wildman–Crippen MR) is 126 cm³/mol. The number of para-hydroxylation sites is 4. The van der Waals surface area contributed by atoms with Crippen molar-refractivity contribution in [2.45, 2.75) is 58.0 Å². The third-order valence-corrected chi connectivity index (χ3v) is 6.35. The highest BCUT2D eigenvalue weighted by Crippen LogP contribution is 2.28. The van der Waals surface area contributed by atoms with Crippen LogP contribution in [0.3, 0.4) is 0 Å². The SMILES string of the molecule is COc1ccccc1OCCCCn1c(C(C)N2CCCCCC2)nc2ccccc21. The molecule has 0 saturated carbocycles. The molecule has 0 aliphatic carbocycles. The molecule has 0 bridgehead atoms. The van der Waals surface area contributed by atoms with Gasteiger partial charge < -0.3 is 14.0 Å². The van der Waals surface area contributed by atoms with Crippen molar-refractivity contribution in [3.63, 3.8) is 0 Å². The Hall–Kier alpha value is -2.53. The standard InChI is InChI=1S/C26H35N3O2/c1-21(28-17-9-3-4-10-18-28)26-27-22-13-5-6-14-23(22)29(26)19-11-12-20-31-25-16-8-7-15-24(25)30-2/h5-8,13-16,21H,3-4,9-12,17-20H2,1-2H3. The molecule has 1 fully saturated rings. The second kappa shape index (κ2) is 10.7. The Balaban J connectivity index is 1.42. The number of rotatable bonds is 9. The monoisotopic (exact) mass is 421 g/mol. The van der Waals surface area contributed by atoms with E-state index < -0.39 is 0 Å². The zero-order chi connectivity index (χ0) is 21.5. The first kappa shape index (κ1) is 21.7. The van der Waals surface area contributed by atoms with Crippen LogP contribution in [-0.2, 0) is 6.54 Å². The number of aryl methyl sites for hydroxylation is 1. The van der Waals surface area contributed by atoms with E-state index in [9.17, 15) is 0 Å². The molecule has 1 aromatic heterocycles. The van der Waals surface area contributed by atoms with Crippen molar-refractivity contribution in [1.29, 1.82) is 0 Å². The molecule has 166 valence electrons. The molecule has 1 saturated heterocycles. The molecule has 1 aliphatic heterocycles. The number of aromatic nitrogens is 2. The average Bonchev–Trinajstić information content (AvgIpc) is 2.97. The first-order chi connectivity index (χ1) is 15.3. The average molecular weight is 422 g/mol. The molecule has 1 atom stereocenters. The van der Waals surface area contributed by atoms with Gasteiger partial charge in [0.15, 0.2) is 11.5 Å². The van der Waals surface area contributed by atoms with E-state index in [1.165, 1.54) is 50.1 Å². The number of unbranched alkanes of at least 4 members (excludes halogenated alkanes) is 1. The van der Waals surface area contributed by atoms with E-state index >= 15 is 0 Å². The molecular formula is C26H35N3O2. The number of hydrogen-bond acceptors (Lipinski definition) is 4. The summed E-state index contributed by atoms with van der Waals surface area (Å²) in [6, 6.07) is 16.7. The summed E-state index contributed by atoms with van der Waals surface area (Å²) >= 11 is 0. The van der Waals surface area contributed by atoms with E-state index in [1.54, 1.807) is 7.11 Å². The van der Waals surface area contributed by atoms with E-state index in [-0.39, 0.29) is 0 Å². The molecule has 0 N–H and O–H groups in total. The summed E-state index contributed by atoms with van der Waals surface area (Å²) < 4.78 is 13.8. The van der Waals surface area contributed by atoms with Crippen LogP contribution in [0.5, 0.6) is 11.5 Å². The highest BCUT2D eigenvalue weighted by molar-refractivity contribution is 5.76. The van der Waals surface area contributed by atoms with Gasteiger partial charge in [-0.1, -0.05) is 37.1 Å². The molecule has 0 amide bonds. The zero-order valence-electron chi connectivity index (χ0n) is 18.9. The van der Waals surface area contributed by atoms with Crippen molar-refractivity contribution in [3.8, 4) is 11.5 Å². The smallest absolute Gasteiger partial charge is 0.161 e. The van der Waals surface area contributed by atoms with Crippen molar-refractivity contribution < 1.29 is 9.47 Å². The van der Waals surface area contributed by atoms with Crippen LogP contribution in [0.4, 0.5) is 0 Å². The third-order valence-electron chi connectivity index (χ3n) is 6.35. The summed E-state index contributed by atoms with van der Waals surface area (Å²) in [4.78, 5) is 7.68. The van der Waals surface area contributed by atoms with Crippen molar-refractivity contribution in [1.82, 2.24) is 14.5 Å². The number of benzene rings is 2. The molecule has 5 heteroatoms. The number of fused-ring (bicyclic) bond motifs is 1. The van der Waals surface area contributed by atoms with Gasteiger partial charge >= 0.3 is 0 Å². The van der Waals surface area contributed by atoms with E-state index in [0.717, 1.165) is 36.4 Å². The second-order valence-electron chi connectivity index (χ2n) is 8.44. The number of hydrogen-bond donors (Lipinski definition) is 0. The minimum absolute atomic E-state index is 0.343. The van der Waals surface area contributed by atoms with Gasteiger partial charge in [-0.2, -0.15) is 0 Å².